The molecule has 0 saturated carbocycles. The number of benzene rings is 12. The van der Waals surface area contributed by atoms with E-state index in [0.29, 0.717) is 0 Å². The number of nitrogens with one attached hydrogen (secondary N) is 2. The highest BCUT2D eigenvalue weighted by molar-refractivity contribution is 5.99. The number of para-hydroxylation sites is 4. The average molecular weight is 923 g/mol. The van der Waals surface area contributed by atoms with Gasteiger partial charge >= 0.3 is 0 Å². The Hall–Kier alpha value is -9.64. The van der Waals surface area contributed by atoms with E-state index in [9.17, 15) is 0 Å². The second-order valence-electron chi connectivity index (χ2n) is 17.9. The zero-order chi connectivity index (χ0) is 48.1. The Balaban J connectivity index is 0.921. The van der Waals surface area contributed by atoms with E-state index in [1.165, 1.54) is 21.5 Å². The Morgan fingerprint density at radius 3 is 0.875 bits per heavy atom. The summed E-state index contributed by atoms with van der Waals surface area (Å²) in [4.78, 5) is 4.64. The summed E-state index contributed by atoms with van der Waals surface area (Å²) in [5, 5.41) is 12.5. The molecule has 0 saturated heterocycles. The van der Waals surface area contributed by atoms with Gasteiger partial charge < -0.3 is 20.4 Å². The van der Waals surface area contributed by atoms with Crippen molar-refractivity contribution in [3.63, 3.8) is 0 Å². The predicted molar refractivity (Wildman–Crippen MR) is 307 cm³/mol. The maximum absolute atomic E-state index is 3.86. The highest BCUT2D eigenvalue weighted by atomic mass is 15.1. The van der Waals surface area contributed by atoms with Crippen LogP contribution in [-0.4, -0.2) is 0 Å². The third-order valence-corrected chi connectivity index (χ3v) is 13.4. The molecule has 12 aromatic carbocycles. The van der Waals surface area contributed by atoms with Crippen molar-refractivity contribution in [1.82, 2.24) is 0 Å². The fourth-order valence-corrected chi connectivity index (χ4v) is 9.88. The molecule has 0 amide bonds. The number of hydrogen-bond acceptors (Lipinski definition) is 4. The monoisotopic (exact) mass is 922 g/mol. The molecular weight excluding hydrogens is 873 g/mol. The first-order chi connectivity index (χ1) is 35.7. The van der Waals surface area contributed by atoms with Gasteiger partial charge in [0.1, 0.15) is 0 Å². The van der Waals surface area contributed by atoms with Gasteiger partial charge in [-0.3, -0.25) is 0 Å². The number of anilines is 10. The lowest BCUT2D eigenvalue weighted by atomic mass is 9.96. The van der Waals surface area contributed by atoms with Gasteiger partial charge in [0.15, 0.2) is 0 Å². The molecule has 0 aliphatic carbocycles. The first kappa shape index (κ1) is 43.6. The van der Waals surface area contributed by atoms with Crippen LogP contribution in [0.5, 0.6) is 0 Å². The van der Waals surface area contributed by atoms with Gasteiger partial charge in [-0.15, -0.1) is 0 Å². The summed E-state index contributed by atoms with van der Waals surface area (Å²) in [5.74, 6) is 0. The van der Waals surface area contributed by atoms with Gasteiger partial charge in [-0.1, -0.05) is 194 Å². The van der Waals surface area contributed by atoms with Crippen molar-refractivity contribution in [1.29, 1.82) is 0 Å². The van der Waals surface area contributed by atoms with Crippen LogP contribution in [-0.2, 0) is 0 Å². The van der Waals surface area contributed by atoms with Crippen molar-refractivity contribution in [3.8, 4) is 33.4 Å². The van der Waals surface area contributed by atoms with E-state index in [2.05, 4.69) is 312 Å². The van der Waals surface area contributed by atoms with Gasteiger partial charge in [0.05, 0.1) is 0 Å². The van der Waals surface area contributed by atoms with Crippen molar-refractivity contribution in [2.45, 2.75) is 0 Å². The fourth-order valence-electron chi connectivity index (χ4n) is 9.88. The van der Waals surface area contributed by atoms with Crippen molar-refractivity contribution in [3.05, 3.63) is 291 Å². The molecule has 0 radical (unpaired) electrons. The summed E-state index contributed by atoms with van der Waals surface area (Å²) in [7, 11) is 0. The Labute approximate surface area is 421 Å². The average Bonchev–Trinajstić information content (AvgIpc) is 3.45. The molecule has 0 atom stereocenters. The molecule has 0 spiro atoms. The molecule has 0 fully saturated rings. The van der Waals surface area contributed by atoms with Crippen LogP contribution in [0.15, 0.2) is 291 Å². The Kier molecular flexibility index (Phi) is 12.0. The minimum absolute atomic E-state index is 1.03. The largest absolute Gasteiger partial charge is 0.355 e. The number of rotatable bonds is 13. The zero-order valence-corrected chi connectivity index (χ0v) is 39.6. The molecule has 0 bridgehead atoms. The molecule has 0 aliphatic rings. The van der Waals surface area contributed by atoms with E-state index in [0.717, 1.165) is 90.3 Å². The SMILES string of the molecule is c1ccc(N(c2ccccc2)c2ccc(Nc3cccc4ccccc34)c(-c3ccc(-c4ccc(-c5cc(N(c6ccccc6)c6ccccc6)ccc5Nc5cccc6ccccc56)cc4)cc3)c2)cc1. The first-order valence-corrected chi connectivity index (χ1v) is 24.5. The van der Waals surface area contributed by atoms with Crippen LogP contribution < -0.4 is 20.4 Å². The van der Waals surface area contributed by atoms with Crippen molar-refractivity contribution >= 4 is 78.4 Å². The second kappa shape index (κ2) is 19.8. The van der Waals surface area contributed by atoms with Crippen LogP contribution in [0.3, 0.4) is 0 Å². The highest BCUT2D eigenvalue weighted by Crippen LogP contribution is 2.43. The van der Waals surface area contributed by atoms with Gasteiger partial charge in [-0.2, -0.15) is 0 Å². The van der Waals surface area contributed by atoms with Gasteiger partial charge in [0.25, 0.3) is 0 Å². The van der Waals surface area contributed by atoms with Crippen molar-refractivity contribution in [2.75, 3.05) is 20.4 Å². The van der Waals surface area contributed by atoms with Gasteiger partial charge in [-0.25, -0.2) is 0 Å². The molecule has 4 nitrogen and oxygen atoms in total. The Morgan fingerprint density at radius 2 is 0.514 bits per heavy atom. The Morgan fingerprint density at radius 1 is 0.208 bits per heavy atom. The summed E-state index contributed by atoms with van der Waals surface area (Å²) in [6.07, 6.45) is 0. The summed E-state index contributed by atoms with van der Waals surface area (Å²) < 4.78 is 0. The number of nitrogens with zero attached hydrogens (tertiary/aromatic N) is 2. The van der Waals surface area contributed by atoms with Crippen molar-refractivity contribution < 1.29 is 0 Å². The molecular formula is C68H50N4. The molecule has 0 aliphatic heterocycles. The van der Waals surface area contributed by atoms with Gasteiger partial charge in [0, 0.05) is 78.8 Å². The molecule has 12 rings (SSSR count). The second-order valence-corrected chi connectivity index (χ2v) is 17.9. The summed E-state index contributed by atoms with van der Waals surface area (Å²) >= 11 is 0. The van der Waals surface area contributed by atoms with Crippen LogP contribution in [0.2, 0.25) is 0 Å². The minimum Gasteiger partial charge on any atom is -0.355 e. The normalized spacial score (nSPS) is 11.1. The topological polar surface area (TPSA) is 30.5 Å². The van der Waals surface area contributed by atoms with Crippen LogP contribution in [0.1, 0.15) is 0 Å². The maximum atomic E-state index is 3.86. The quantitative estimate of drug-likeness (QED) is 0.121. The van der Waals surface area contributed by atoms with E-state index >= 15 is 0 Å². The van der Waals surface area contributed by atoms with E-state index in [1.54, 1.807) is 0 Å². The molecule has 0 unspecified atom stereocenters. The molecule has 2 N–H and O–H groups in total. The Bertz CT molecular complexity index is 3440. The summed E-state index contributed by atoms with van der Waals surface area (Å²) in [6, 6.07) is 104. The van der Waals surface area contributed by atoms with Crippen molar-refractivity contribution in [2.24, 2.45) is 0 Å². The highest BCUT2D eigenvalue weighted by Gasteiger charge is 2.19. The molecule has 0 aromatic heterocycles. The molecule has 342 valence electrons. The lowest BCUT2D eigenvalue weighted by Gasteiger charge is -2.27. The lowest BCUT2D eigenvalue weighted by molar-refractivity contribution is 1.28. The fraction of sp³-hybridized carbons (Fsp3) is 0. The molecule has 12 aromatic rings. The molecule has 72 heavy (non-hydrogen) atoms. The smallest absolute Gasteiger partial charge is 0.0469 e. The lowest BCUT2D eigenvalue weighted by Crippen LogP contribution is -2.10. The zero-order valence-electron chi connectivity index (χ0n) is 39.6. The molecule has 0 heterocycles. The molecule has 4 heteroatoms. The summed E-state index contributed by atoms with van der Waals surface area (Å²) in [5.41, 5.74) is 17.4. The van der Waals surface area contributed by atoms with E-state index in [1.807, 2.05) is 0 Å². The van der Waals surface area contributed by atoms with Crippen LogP contribution in [0.4, 0.5) is 56.9 Å². The third kappa shape index (κ3) is 8.93. The van der Waals surface area contributed by atoms with E-state index in [4.69, 9.17) is 0 Å². The van der Waals surface area contributed by atoms with E-state index < -0.39 is 0 Å². The standard InChI is InChI=1S/C68H50N4/c1-5-23-55(24-6-1)71(56-25-7-2-8-26-56)59-43-45-67(69-65-33-17-21-51-19-13-15-31-61(51)65)63(47-59)53-39-35-49(36-40-53)50-37-41-54(42-38-50)64-48-60(72(57-27-9-3-10-28-57)58-29-11-4-12-30-58)44-46-68(64)70-66-34-18-22-52-20-14-16-32-62(52)66/h1-48,69-70H. The third-order valence-electron chi connectivity index (χ3n) is 13.4. The number of hydrogen-bond donors (Lipinski definition) is 2. The number of fused-ring (bicyclic) bond motifs is 2. The van der Waals surface area contributed by atoms with E-state index in [-0.39, 0.29) is 0 Å². The van der Waals surface area contributed by atoms with Gasteiger partial charge in [-0.05, 0) is 130 Å². The minimum atomic E-state index is 1.03. The maximum Gasteiger partial charge on any atom is 0.0469 e. The van der Waals surface area contributed by atoms with Crippen LogP contribution in [0.25, 0.3) is 54.9 Å². The predicted octanol–water partition coefficient (Wildman–Crippen LogP) is 19.4. The van der Waals surface area contributed by atoms with Crippen LogP contribution >= 0.6 is 0 Å². The van der Waals surface area contributed by atoms with Gasteiger partial charge in [0.2, 0.25) is 0 Å². The first-order valence-electron chi connectivity index (χ1n) is 24.5. The van der Waals surface area contributed by atoms with Crippen LogP contribution in [0, 0.1) is 0 Å². The summed E-state index contributed by atoms with van der Waals surface area (Å²) in [6.45, 7) is 0.